The van der Waals surface area contributed by atoms with Gasteiger partial charge in [-0.3, -0.25) is 4.90 Å². The summed E-state index contributed by atoms with van der Waals surface area (Å²) in [6, 6.07) is 5.13. The monoisotopic (exact) mass is 203 g/mol. The van der Waals surface area contributed by atoms with Crippen LogP contribution in [0.15, 0.2) is 12.1 Å². The van der Waals surface area contributed by atoms with Crippen molar-refractivity contribution in [1.82, 2.24) is 4.98 Å². The largest absolute Gasteiger partial charge is 0.465 e. The zero-order chi connectivity index (χ0) is 10.8. The molecule has 0 bridgehead atoms. The molecule has 1 aromatic heterocycles. The lowest BCUT2D eigenvalue weighted by Crippen LogP contribution is -2.34. The van der Waals surface area contributed by atoms with Crippen molar-refractivity contribution in [2.24, 2.45) is 0 Å². The fourth-order valence-corrected chi connectivity index (χ4v) is 1.71. The Kier molecular flexibility index (Phi) is 2.26. The number of hydrogen-bond acceptors (Lipinski definition) is 3. The minimum Gasteiger partial charge on any atom is -0.465 e. The van der Waals surface area contributed by atoms with Gasteiger partial charge in [-0.2, -0.15) is 5.26 Å². The molecule has 1 amide bonds. The van der Waals surface area contributed by atoms with Gasteiger partial charge in [0.2, 0.25) is 0 Å². The van der Waals surface area contributed by atoms with Crippen molar-refractivity contribution in [3.8, 4) is 6.07 Å². The van der Waals surface area contributed by atoms with Crippen molar-refractivity contribution in [2.75, 3.05) is 11.4 Å². The molecule has 0 saturated carbocycles. The maximum absolute atomic E-state index is 10.9. The number of hydrogen-bond donors (Lipinski definition) is 1. The summed E-state index contributed by atoms with van der Waals surface area (Å²) in [4.78, 5) is 16.3. The molecule has 2 heterocycles. The summed E-state index contributed by atoms with van der Waals surface area (Å²) in [5.41, 5.74) is 1.64. The quantitative estimate of drug-likeness (QED) is 0.691. The summed E-state index contributed by atoms with van der Waals surface area (Å²) in [7, 11) is 0. The summed E-state index contributed by atoms with van der Waals surface area (Å²) in [6.07, 6.45) is 0.512. The van der Waals surface area contributed by atoms with E-state index >= 15 is 0 Å². The molecule has 76 valence electrons. The van der Waals surface area contributed by atoms with E-state index in [0.717, 1.165) is 12.8 Å². The summed E-state index contributed by atoms with van der Waals surface area (Å²) in [6.45, 7) is 0.496. The SMILES string of the molecule is N#Cc1ccc2c(n1)CCCN2C(=O)O. The van der Waals surface area contributed by atoms with Gasteiger partial charge in [-0.05, 0) is 25.0 Å². The highest BCUT2D eigenvalue weighted by Crippen LogP contribution is 2.25. The third-order valence-electron chi connectivity index (χ3n) is 2.38. The van der Waals surface area contributed by atoms with Gasteiger partial charge in [0.15, 0.2) is 0 Å². The third kappa shape index (κ3) is 1.62. The molecule has 0 fully saturated rings. The second-order valence-electron chi connectivity index (χ2n) is 3.31. The number of rotatable bonds is 0. The number of anilines is 1. The van der Waals surface area contributed by atoms with Crippen molar-refractivity contribution in [1.29, 1.82) is 5.26 Å². The van der Waals surface area contributed by atoms with Gasteiger partial charge in [-0.1, -0.05) is 0 Å². The molecule has 1 aromatic rings. The fraction of sp³-hybridized carbons (Fsp3) is 0.300. The van der Waals surface area contributed by atoms with Crippen molar-refractivity contribution in [2.45, 2.75) is 12.8 Å². The lowest BCUT2D eigenvalue weighted by molar-refractivity contribution is 0.201. The average Bonchev–Trinajstić information content (AvgIpc) is 2.27. The van der Waals surface area contributed by atoms with Crippen LogP contribution in [0.3, 0.4) is 0 Å². The molecule has 0 unspecified atom stereocenters. The molecule has 5 heteroatoms. The number of nitriles is 1. The number of pyridine rings is 1. The fourth-order valence-electron chi connectivity index (χ4n) is 1.71. The van der Waals surface area contributed by atoms with Gasteiger partial charge >= 0.3 is 6.09 Å². The van der Waals surface area contributed by atoms with E-state index in [1.54, 1.807) is 12.1 Å². The van der Waals surface area contributed by atoms with Gasteiger partial charge in [0.25, 0.3) is 0 Å². The summed E-state index contributed by atoms with van der Waals surface area (Å²) < 4.78 is 0. The molecule has 1 N–H and O–H groups in total. The van der Waals surface area contributed by atoms with Crippen LogP contribution in [-0.4, -0.2) is 22.7 Å². The van der Waals surface area contributed by atoms with Crippen molar-refractivity contribution >= 4 is 11.8 Å². The van der Waals surface area contributed by atoms with Gasteiger partial charge in [0.1, 0.15) is 11.8 Å². The second kappa shape index (κ2) is 3.58. The van der Waals surface area contributed by atoms with Crippen molar-refractivity contribution < 1.29 is 9.90 Å². The molecule has 0 spiro atoms. The van der Waals surface area contributed by atoms with Crippen molar-refractivity contribution in [3.63, 3.8) is 0 Å². The first kappa shape index (κ1) is 9.46. The molecular formula is C10H9N3O2. The Labute approximate surface area is 86.6 Å². The molecule has 2 rings (SSSR count). The van der Waals surface area contributed by atoms with Crippen LogP contribution in [0.2, 0.25) is 0 Å². The molecular weight excluding hydrogens is 194 g/mol. The predicted octanol–water partition coefficient (Wildman–Crippen LogP) is 1.38. The highest BCUT2D eigenvalue weighted by atomic mass is 16.4. The van der Waals surface area contributed by atoms with Crippen LogP contribution >= 0.6 is 0 Å². The lowest BCUT2D eigenvalue weighted by atomic mass is 10.1. The number of carboxylic acid groups (broad SMARTS) is 1. The Hall–Kier alpha value is -2.09. The molecule has 1 aliphatic rings. The van der Waals surface area contributed by atoms with Crippen molar-refractivity contribution in [3.05, 3.63) is 23.5 Å². The zero-order valence-electron chi connectivity index (χ0n) is 7.97. The van der Waals surface area contributed by atoms with Crippen LogP contribution in [0, 0.1) is 11.3 Å². The van der Waals surface area contributed by atoms with E-state index in [4.69, 9.17) is 10.4 Å². The first-order valence-corrected chi connectivity index (χ1v) is 4.63. The normalized spacial score (nSPS) is 14.2. The Morgan fingerprint density at radius 3 is 3.07 bits per heavy atom. The highest BCUT2D eigenvalue weighted by molar-refractivity contribution is 5.87. The van der Waals surface area contributed by atoms with Gasteiger partial charge in [-0.15, -0.1) is 0 Å². The molecule has 0 radical (unpaired) electrons. The van der Waals surface area contributed by atoms with E-state index < -0.39 is 6.09 Å². The number of amides is 1. The van der Waals surface area contributed by atoms with Gasteiger partial charge in [0.05, 0.1) is 11.4 Å². The maximum atomic E-state index is 10.9. The van der Waals surface area contributed by atoms with E-state index in [9.17, 15) is 4.79 Å². The van der Waals surface area contributed by atoms with E-state index in [2.05, 4.69) is 4.98 Å². The Morgan fingerprint density at radius 2 is 2.40 bits per heavy atom. The minimum absolute atomic E-state index is 0.334. The predicted molar refractivity (Wildman–Crippen MR) is 52.6 cm³/mol. The number of fused-ring (bicyclic) bond motifs is 1. The van der Waals surface area contributed by atoms with E-state index in [1.807, 2.05) is 6.07 Å². The molecule has 0 saturated heterocycles. The zero-order valence-corrected chi connectivity index (χ0v) is 7.97. The number of nitrogens with zero attached hydrogens (tertiary/aromatic N) is 3. The minimum atomic E-state index is -0.970. The first-order valence-electron chi connectivity index (χ1n) is 4.63. The number of aromatic nitrogens is 1. The summed E-state index contributed by atoms with van der Waals surface area (Å²) in [5.74, 6) is 0. The van der Waals surface area contributed by atoms with Gasteiger partial charge in [0, 0.05) is 6.54 Å². The smallest absolute Gasteiger partial charge is 0.411 e. The Morgan fingerprint density at radius 1 is 1.60 bits per heavy atom. The van der Waals surface area contributed by atoms with Crippen LogP contribution in [0.1, 0.15) is 17.8 Å². The molecule has 1 aliphatic heterocycles. The van der Waals surface area contributed by atoms with Crippen LogP contribution in [0.4, 0.5) is 10.5 Å². The maximum Gasteiger partial charge on any atom is 0.411 e. The summed E-state index contributed by atoms with van der Waals surface area (Å²) in [5, 5.41) is 17.6. The third-order valence-corrected chi connectivity index (χ3v) is 2.38. The van der Waals surface area contributed by atoms with Crippen LogP contribution in [0.25, 0.3) is 0 Å². The Balaban J connectivity index is 2.46. The second-order valence-corrected chi connectivity index (χ2v) is 3.31. The standard InChI is InChI=1S/C10H9N3O2/c11-6-7-3-4-9-8(12-7)2-1-5-13(9)10(14)15/h3-4H,1-2,5H2,(H,14,15). The van der Waals surface area contributed by atoms with Gasteiger partial charge < -0.3 is 5.11 Å². The topological polar surface area (TPSA) is 77.2 Å². The molecule has 5 nitrogen and oxygen atoms in total. The number of carbonyl (C=O) groups is 1. The molecule has 0 atom stereocenters. The molecule has 0 aromatic carbocycles. The molecule has 0 aliphatic carbocycles. The highest BCUT2D eigenvalue weighted by Gasteiger charge is 2.22. The van der Waals surface area contributed by atoms with Crippen LogP contribution in [-0.2, 0) is 6.42 Å². The molecule has 15 heavy (non-hydrogen) atoms. The van der Waals surface area contributed by atoms with E-state index in [-0.39, 0.29) is 0 Å². The van der Waals surface area contributed by atoms with Crippen LogP contribution < -0.4 is 4.90 Å². The van der Waals surface area contributed by atoms with Crippen LogP contribution in [0.5, 0.6) is 0 Å². The number of aryl methyl sites for hydroxylation is 1. The van der Waals surface area contributed by atoms with E-state index in [1.165, 1.54) is 4.90 Å². The Bertz CT molecular complexity index is 450. The lowest BCUT2D eigenvalue weighted by Gasteiger charge is -2.25. The van der Waals surface area contributed by atoms with Gasteiger partial charge in [-0.25, -0.2) is 9.78 Å². The average molecular weight is 203 g/mol. The van der Waals surface area contributed by atoms with E-state index in [0.29, 0.717) is 23.6 Å². The first-order chi connectivity index (χ1) is 7.22. The summed E-state index contributed by atoms with van der Waals surface area (Å²) >= 11 is 0.